The van der Waals surface area contributed by atoms with Crippen LogP contribution in [0.4, 0.5) is 5.69 Å². The van der Waals surface area contributed by atoms with Gasteiger partial charge in [0, 0.05) is 17.8 Å². The van der Waals surface area contributed by atoms with Crippen LogP contribution in [0.15, 0.2) is 24.3 Å². The molecule has 24 heavy (non-hydrogen) atoms. The number of rotatable bonds is 6. The van der Waals surface area contributed by atoms with Crippen molar-refractivity contribution in [2.24, 2.45) is 11.8 Å². The molecular formula is C18H24N2O4. The number of hydrogen-bond acceptors (Lipinski definition) is 3. The Morgan fingerprint density at radius 3 is 2.29 bits per heavy atom. The third kappa shape index (κ3) is 4.57. The fourth-order valence-electron chi connectivity index (χ4n) is 3.02. The maximum absolute atomic E-state index is 12.4. The number of carboxylic acid groups (broad SMARTS) is 1. The van der Waals surface area contributed by atoms with Crippen molar-refractivity contribution in [1.29, 1.82) is 0 Å². The van der Waals surface area contributed by atoms with Gasteiger partial charge in [-0.3, -0.25) is 14.4 Å². The van der Waals surface area contributed by atoms with Crippen LogP contribution < -0.4 is 10.6 Å². The number of hydrogen-bond donors (Lipinski definition) is 3. The van der Waals surface area contributed by atoms with Crippen LogP contribution in [0, 0.1) is 11.8 Å². The van der Waals surface area contributed by atoms with Crippen molar-refractivity contribution in [3.8, 4) is 0 Å². The SMILES string of the molecule is CCCNC(=O)c1ccc(NC(=O)[C@H]2CCCC[C@H]2C(=O)O)cc1. The van der Waals surface area contributed by atoms with Gasteiger partial charge < -0.3 is 15.7 Å². The molecule has 2 atom stereocenters. The minimum absolute atomic E-state index is 0.145. The molecule has 0 heterocycles. The molecule has 1 aromatic rings. The van der Waals surface area contributed by atoms with Crippen molar-refractivity contribution in [3.05, 3.63) is 29.8 Å². The average Bonchev–Trinajstić information content (AvgIpc) is 2.60. The lowest BCUT2D eigenvalue weighted by Gasteiger charge is -2.27. The molecule has 0 aliphatic heterocycles. The van der Waals surface area contributed by atoms with E-state index in [0.29, 0.717) is 30.6 Å². The van der Waals surface area contributed by atoms with Crippen LogP contribution in [0.25, 0.3) is 0 Å². The van der Waals surface area contributed by atoms with Crippen LogP contribution in [0.1, 0.15) is 49.4 Å². The van der Waals surface area contributed by atoms with Gasteiger partial charge in [0.05, 0.1) is 11.8 Å². The first-order valence-corrected chi connectivity index (χ1v) is 8.45. The molecule has 130 valence electrons. The van der Waals surface area contributed by atoms with Crippen molar-refractivity contribution < 1.29 is 19.5 Å². The van der Waals surface area contributed by atoms with E-state index < -0.39 is 17.8 Å². The van der Waals surface area contributed by atoms with Crippen LogP contribution in [0.5, 0.6) is 0 Å². The van der Waals surface area contributed by atoms with Gasteiger partial charge in [-0.2, -0.15) is 0 Å². The second-order valence-corrected chi connectivity index (χ2v) is 6.16. The smallest absolute Gasteiger partial charge is 0.307 e. The van der Waals surface area contributed by atoms with Crippen molar-refractivity contribution in [2.45, 2.75) is 39.0 Å². The fraction of sp³-hybridized carbons (Fsp3) is 0.500. The Bertz CT molecular complexity index is 598. The number of benzene rings is 1. The zero-order valence-electron chi connectivity index (χ0n) is 13.9. The van der Waals surface area contributed by atoms with E-state index in [2.05, 4.69) is 10.6 Å². The molecule has 1 aromatic carbocycles. The minimum Gasteiger partial charge on any atom is -0.481 e. The molecule has 0 unspecified atom stereocenters. The summed E-state index contributed by atoms with van der Waals surface area (Å²) >= 11 is 0. The van der Waals surface area contributed by atoms with Crippen LogP contribution >= 0.6 is 0 Å². The Hall–Kier alpha value is -2.37. The molecule has 6 heteroatoms. The van der Waals surface area contributed by atoms with Crippen molar-refractivity contribution in [1.82, 2.24) is 5.32 Å². The predicted octanol–water partition coefficient (Wildman–Crippen LogP) is 2.66. The van der Waals surface area contributed by atoms with E-state index in [1.165, 1.54) is 0 Å². The number of carbonyl (C=O) groups is 3. The van der Waals surface area contributed by atoms with Gasteiger partial charge in [0.1, 0.15) is 0 Å². The summed E-state index contributed by atoms with van der Waals surface area (Å²) in [6.45, 7) is 2.60. The number of anilines is 1. The summed E-state index contributed by atoms with van der Waals surface area (Å²) in [4.78, 5) is 35.5. The first-order valence-electron chi connectivity index (χ1n) is 8.45. The highest BCUT2D eigenvalue weighted by Crippen LogP contribution is 2.31. The second kappa shape index (κ2) is 8.47. The summed E-state index contributed by atoms with van der Waals surface area (Å²) in [6, 6.07) is 6.63. The monoisotopic (exact) mass is 332 g/mol. The van der Waals surface area contributed by atoms with Crippen LogP contribution in [0.3, 0.4) is 0 Å². The lowest BCUT2D eigenvalue weighted by Crippen LogP contribution is -2.36. The predicted molar refractivity (Wildman–Crippen MR) is 90.8 cm³/mol. The first-order chi connectivity index (χ1) is 11.5. The molecule has 0 radical (unpaired) electrons. The summed E-state index contributed by atoms with van der Waals surface area (Å²) in [5, 5.41) is 14.8. The van der Waals surface area contributed by atoms with E-state index in [-0.39, 0.29) is 11.8 Å². The molecule has 6 nitrogen and oxygen atoms in total. The molecule has 2 amide bonds. The quantitative estimate of drug-likeness (QED) is 0.746. The third-order valence-corrected chi connectivity index (χ3v) is 4.37. The van der Waals surface area contributed by atoms with Gasteiger partial charge in [0.2, 0.25) is 5.91 Å². The van der Waals surface area contributed by atoms with E-state index in [0.717, 1.165) is 19.3 Å². The Morgan fingerprint density at radius 2 is 1.71 bits per heavy atom. The van der Waals surface area contributed by atoms with Gasteiger partial charge in [-0.25, -0.2) is 0 Å². The molecular weight excluding hydrogens is 308 g/mol. The lowest BCUT2D eigenvalue weighted by molar-refractivity contribution is -0.147. The maximum atomic E-state index is 12.4. The van der Waals surface area contributed by atoms with Crippen molar-refractivity contribution >= 4 is 23.5 Å². The van der Waals surface area contributed by atoms with E-state index >= 15 is 0 Å². The molecule has 1 aliphatic rings. The summed E-state index contributed by atoms with van der Waals surface area (Å²) < 4.78 is 0. The molecule has 1 saturated carbocycles. The molecule has 0 bridgehead atoms. The Balaban J connectivity index is 1.98. The largest absolute Gasteiger partial charge is 0.481 e. The van der Waals surface area contributed by atoms with E-state index in [1.807, 2.05) is 6.92 Å². The summed E-state index contributed by atoms with van der Waals surface area (Å²) in [5.74, 6) is -2.42. The minimum atomic E-state index is -0.905. The van der Waals surface area contributed by atoms with Crippen molar-refractivity contribution in [3.63, 3.8) is 0 Å². The van der Waals surface area contributed by atoms with Crippen LogP contribution in [-0.2, 0) is 9.59 Å². The van der Waals surface area contributed by atoms with Gasteiger partial charge in [-0.05, 0) is 43.5 Å². The summed E-state index contributed by atoms with van der Waals surface area (Å²) in [5.41, 5.74) is 1.10. The molecule has 0 saturated heterocycles. The normalized spacial score (nSPS) is 20.2. The highest BCUT2D eigenvalue weighted by atomic mass is 16.4. The van der Waals surface area contributed by atoms with Crippen LogP contribution in [-0.4, -0.2) is 29.4 Å². The maximum Gasteiger partial charge on any atom is 0.307 e. The lowest BCUT2D eigenvalue weighted by atomic mass is 9.78. The van der Waals surface area contributed by atoms with E-state index in [4.69, 9.17) is 0 Å². The summed E-state index contributed by atoms with van der Waals surface area (Å²) in [6.07, 6.45) is 3.73. The highest BCUT2D eigenvalue weighted by molar-refractivity contribution is 5.97. The Labute approximate surface area is 141 Å². The molecule has 3 N–H and O–H groups in total. The second-order valence-electron chi connectivity index (χ2n) is 6.16. The zero-order chi connectivity index (χ0) is 17.5. The third-order valence-electron chi connectivity index (χ3n) is 4.37. The summed E-state index contributed by atoms with van der Waals surface area (Å²) in [7, 11) is 0. The number of amides is 2. The van der Waals surface area contributed by atoms with Gasteiger partial charge >= 0.3 is 5.97 Å². The van der Waals surface area contributed by atoms with Gasteiger partial charge in [0.15, 0.2) is 0 Å². The Kier molecular flexibility index (Phi) is 6.35. The van der Waals surface area contributed by atoms with Gasteiger partial charge in [-0.15, -0.1) is 0 Å². The highest BCUT2D eigenvalue weighted by Gasteiger charge is 2.35. The molecule has 0 aromatic heterocycles. The molecule has 1 fully saturated rings. The topological polar surface area (TPSA) is 95.5 Å². The average molecular weight is 332 g/mol. The number of carboxylic acids is 1. The standard InChI is InChI=1S/C18H24N2O4/c1-2-11-19-16(21)12-7-9-13(10-8-12)20-17(22)14-5-3-4-6-15(14)18(23)24/h7-10,14-15H,2-6,11H2,1H3,(H,19,21)(H,20,22)(H,23,24)/t14-,15+/m0/s1. The van der Waals surface area contributed by atoms with Gasteiger partial charge in [-0.1, -0.05) is 19.8 Å². The van der Waals surface area contributed by atoms with Crippen LogP contribution in [0.2, 0.25) is 0 Å². The number of carbonyl (C=O) groups excluding carboxylic acids is 2. The number of aliphatic carboxylic acids is 1. The fourth-order valence-corrected chi connectivity index (χ4v) is 3.02. The first kappa shape index (κ1) is 18.0. The Morgan fingerprint density at radius 1 is 1.08 bits per heavy atom. The molecule has 0 spiro atoms. The molecule has 2 rings (SSSR count). The van der Waals surface area contributed by atoms with E-state index in [9.17, 15) is 19.5 Å². The van der Waals surface area contributed by atoms with Crippen molar-refractivity contribution in [2.75, 3.05) is 11.9 Å². The zero-order valence-corrected chi connectivity index (χ0v) is 13.9. The number of nitrogens with one attached hydrogen (secondary N) is 2. The van der Waals surface area contributed by atoms with E-state index in [1.54, 1.807) is 24.3 Å². The molecule has 1 aliphatic carbocycles. The van der Waals surface area contributed by atoms with Gasteiger partial charge in [0.25, 0.3) is 5.91 Å².